The van der Waals surface area contributed by atoms with E-state index in [1.165, 1.54) is 6.07 Å². The van der Waals surface area contributed by atoms with E-state index < -0.39 is 10.0 Å². The quantitative estimate of drug-likeness (QED) is 0.721. The first-order valence-electron chi connectivity index (χ1n) is 3.46. The van der Waals surface area contributed by atoms with Crippen molar-refractivity contribution in [1.82, 2.24) is 0 Å². The van der Waals surface area contributed by atoms with Gasteiger partial charge in [0, 0.05) is 0 Å². The molecular weight excluding hydrogens is 256 g/mol. The van der Waals surface area contributed by atoms with Gasteiger partial charge < -0.3 is 5.32 Å². The second-order valence-corrected chi connectivity index (χ2v) is 4.80. The number of benzene rings is 1. The lowest BCUT2D eigenvalue weighted by molar-refractivity contribution is 0.598. The van der Waals surface area contributed by atoms with E-state index in [0.29, 0.717) is 5.69 Å². The standard InChI is InChI=1S/C7H5BrN2O2S/c8-7-9-5-3-1-2-4-6(5)13(11,12)10-7/h1-4H,(H,9,10). The predicted molar refractivity (Wildman–Crippen MR) is 53.6 cm³/mol. The number of hydrogen-bond acceptors (Lipinski definition) is 3. The van der Waals surface area contributed by atoms with Gasteiger partial charge in [-0.05, 0) is 28.1 Å². The minimum Gasteiger partial charge on any atom is -0.333 e. The van der Waals surface area contributed by atoms with Crippen LogP contribution >= 0.6 is 15.9 Å². The third kappa shape index (κ3) is 1.47. The Kier molecular flexibility index (Phi) is 1.88. The Labute approximate surface area is 83.9 Å². The van der Waals surface area contributed by atoms with Crippen molar-refractivity contribution < 1.29 is 8.42 Å². The lowest BCUT2D eigenvalue weighted by Crippen LogP contribution is -2.16. The largest absolute Gasteiger partial charge is 0.333 e. The van der Waals surface area contributed by atoms with Crippen molar-refractivity contribution in [3.05, 3.63) is 24.3 Å². The average molecular weight is 261 g/mol. The summed E-state index contributed by atoms with van der Waals surface area (Å²) in [4.78, 5) is 0.207. The fourth-order valence-corrected chi connectivity index (χ4v) is 2.87. The van der Waals surface area contributed by atoms with Crippen LogP contribution in [0.4, 0.5) is 5.69 Å². The summed E-state index contributed by atoms with van der Waals surface area (Å²) < 4.78 is 26.5. The maximum Gasteiger partial charge on any atom is 0.286 e. The van der Waals surface area contributed by atoms with Gasteiger partial charge in [0.1, 0.15) is 4.90 Å². The van der Waals surface area contributed by atoms with Crippen molar-refractivity contribution in [3.63, 3.8) is 0 Å². The van der Waals surface area contributed by atoms with E-state index in [1.807, 2.05) is 0 Å². The van der Waals surface area contributed by atoms with Gasteiger partial charge in [-0.3, -0.25) is 0 Å². The first-order valence-corrected chi connectivity index (χ1v) is 5.69. The molecule has 4 nitrogen and oxygen atoms in total. The van der Waals surface area contributed by atoms with Crippen LogP contribution in [0.3, 0.4) is 0 Å². The van der Waals surface area contributed by atoms with Gasteiger partial charge in [0.05, 0.1) is 5.69 Å². The van der Waals surface area contributed by atoms with Gasteiger partial charge in [-0.1, -0.05) is 12.1 Å². The molecule has 0 radical (unpaired) electrons. The summed E-state index contributed by atoms with van der Waals surface area (Å²) in [5, 5.41) is 2.80. The van der Waals surface area contributed by atoms with E-state index >= 15 is 0 Å². The van der Waals surface area contributed by atoms with Gasteiger partial charge in [-0.25, -0.2) is 0 Å². The fourth-order valence-electron chi connectivity index (χ4n) is 1.08. The van der Waals surface area contributed by atoms with Crippen LogP contribution in [-0.2, 0) is 10.0 Å². The van der Waals surface area contributed by atoms with Crippen LogP contribution in [0.5, 0.6) is 0 Å². The molecular formula is C7H5BrN2O2S. The Balaban J connectivity index is 2.73. The van der Waals surface area contributed by atoms with E-state index in [4.69, 9.17) is 0 Å². The first-order chi connectivity index (χ1) is 6.09. The molecule has 0 atom stereocenters. The van der Waals surface area contributed by atoms with Crippen molar-refractivity contribution >= 4 is 36.4 Å². The number of amidine groups is 1. The number of hydrogen-bond donors (Lipinski definition) is 1. The summed E-state index contributed by atoms with van der Waals surface area (Å²) in [7, 11) is -3.51. The smallest absolute Gasteiger partial charge is 0.286 e. The number of anilines is 1. The Bertz CT molecular complexity index is 481. The second-order valence-electron chi connectivity index (χ2n) is 2.48. The topological polar surface area (TPSA) is 58.5 Å². The van der Waals surface area contributed by atoms with E-state index in [9.17, 15) is 8.42 Å². The molecule has 0 saturated heterocycles. The molecule has 0 amide bonds. The molecule has 0 spiro atoms. The normalized spacial score (nSPS) is 18.4. The predicted octanol–water partition coefficient (Wildman–Crippen LogP) is 1.55. The van der Waals surface area contributed by atoms with Crippen LogP contribution in [0.1, 0.15) is 0 Å². The Morgan fingerprint density at radius 2 is 2.00 bits per heavy atom. The van der Waals surface area contributed by atoms with Gasteiger partial charge in [-0.2, -0.15) is 8.42 Å². The van der Waals surface area contributed by atoms with E-state index in [1.54, 1.807) is 18.2 Å². The summed E-state index contributed by atoms with van der Waals surface area (Å²) in [5.74, 6) is 0. The highest BCUT2D eigenvalue weighted by atomic mass is 79.9. The molecule has 68 valence electrons. The van der Waals surface area contributed by atoms with Crippen LogP contribution in [0.15, 0.2) is 33.6 Å². The maximum absolute atomic E-state index is 11.4. The summed E-state index contributed by atoms with van der Waals surface area (Å²) in [5.41, 5.74) is 0.546. The molecule has 1 aromatic carbocycles. The number of para-hydroxylation sites is 1. The summed E-state index contributed by atoms with van der Waals surface area (Å²) >= 11 is 2.99. The molecule has 13 heavy (non-hydrogen) atoms. The third-order valence-electron chi connectivity index (χ3n) is 1.60. The second kappa shape index (κ2) is 2.81. The van der Waals surface area contributed by atoms with Gasteiger partial charge in [0.15, 0.2) is 4.74 Å². The van der Waals surface area contributed by atoms with Crippen LogP contribution < -0.4 is 5.32 Å². The number of sulfonamides is 1. The third-order valence-corrected chi connectivity index (χ3v) is 3.55. The number of nitrogens with one attached hydrogen (secondary N) is 1. The molecule has 0 saturated carbocycles. The lowest BCUT2D eigenvalue weighted by Gasteiger charge is -2.13. The van der Waals surface area contributed by atoms with Gasteiger partial charge in [0.25, 0.3) is 10.0 Å². The van der Waals surface area contributed by atoms with Crippen LogP contribution in [0.25, 0.3) is 0 Å². The highest BCUT2D eigenvalue weighted by Gasteiger charge is 2.22. The molecule has 1 aliphatic heterocycles. The highest BCUT2D eigenvalue weighted by molar-refractivity contribution is 9.18. The Morgan fingerprint density at radius 1 is 1.31 bits per heavy atom. The number of nitrogens with zero attached hydrogens (tertiary/aromatic N) is 1. The fraction of sp³-hybridized carbons (Fsp3) is 0. The van der Waals surface area contributed by atoms with Gasteiger partial charge in [-0.15, -0.1) is 4.40 Å². The minimum atomic E-state index is -3.51. The zero-order chi connectivity index (χ0) is 9.47. The summed E-state index contributed by atoms with van der Waals surface area (Å²) in [6, 6.07) is 6.61. The molecule has 1 aliphatic rings. The van der Waals surface area contributed by atoms with Crippen molar-refractivity contribution in [2.45, 2.75) is 4.90 Å². The number of rotatable bonds is 0. The zero-order valence-corrected chi connectivity index (χ0v) is 8.76. The van der Waals surface area contributed by atoms with Crippen LogP contribution in [0.2, 0.25) is 0 Å². The molecule has 0 bridgehead atoms. The number of fused-ring (bicyclic) bond motifs is 1. The van der Waals surface area contributed by atoms with E-state index in [0.717, 1.165) is 0 Å². The maximum atomic E-state index is 11.4. The highest BCUT2D eigenvalue weighted by Crippen LogP contribution is 2.27. The first kappa shape index (κ1) is 8.71. The minimum absolute atomic E-state index is 0.207. The van der Waals surface area contributed by atoms with Crippen LogP contribution in [-0.4, -0.2) is 13.2 Å². The average Bonchev–Trinajstić information content (AvgIpc) is 2.02. The van der Waals surface area contributed by atoms with Crippen molar-refractivity contribution in [2.24, 2.45) is 4.40 Å². The van der Waals surface area contributed by atoms with Crippen molar-refractivity contribution in [1.29, 1.82) is 0 Å². The molecule has 0 unspecified atom stereocenters. The molecule has 1 heterocycles. The van der Waals surface area contributed by atoms with Crippen LogP contribution in [0, 0.1) is 0 Å². The van der Waals surface area contributed by atoms with Crippen molar-refractivity contribution in [3.8, 4) is 0 Å². The van der Waals surface area contributed by atoms with E-state index in [2.05, 4.69) is 25.6 Å². The Morgan fingerprint density at radius 3 is 2.77 bits per heavy atom. The molecule has 6 heteroatoms. The molecule has 1 N–H and O–H groups in total. The van der Waals surface area contributed by atoms with Gasteiger partial charge >= 0.3 is 0 Å². The molecule has 0 aliphatic carbocycles. The molecule has 1 aromatic rings. The molecule has 2 rings (SSSR count). The van der Waals surface area contributed by atoms with Gasteiger partial charge in [0.2, 0.25) is 0 Å². The number of halogens is 1. The van der Waals surface area contributed by atoms with E-state index in [-0.39, 0.29) is 9.64 Å². The monoisotopic (exact) mass is 260 g/mol. The van der Waals surface area contributed by atoms with Crippen molar-refractivity contribution in [2.75, 3.05) is 5.32 Å². The SMILES string of the molecule is O=S1(=O)N=C(Br)Nc2ccccc21. The molecule has 0 fully saturated rings. The molecule has 0 aromatic heterocycles. The summed E-state index contributed by atoms with van der Waals surface area (Å²) in [6.45, 7) is 0. The zero-order valence-electron chi connectivity index (χ0n) is 6.36. The summed E-state index contributed by atoms with van der Waals surface area (Å²) in [6.07, 6.45) is 0. The Hall–Kier alpha value is -0.880. The lowest BCUT2D eigenvalue weighted by atomic mass is 10.3.